The van der Waals surface area contributed by atoms with Crippen LogP contribution in [-0.2, 0) is 16.1 Å². The van der Waals surface area contributed by atoms with Gasteiger partial charge in [0.15, 0.2) is 0 Å². The van der Waals surface area contributed by atoms with Crippen LogP contribution >= 0.6 is 23.2 Å². The normalized spacial score (nSPS) is 18.5. The summed E-state index contributed by atoms with van der Waals surface area (Å²) in [6.45, 7) is 2.26. The van der Waals surface area contributed by atoms with Crippen LogP contribution in [0.5, 0.6) is 0 Å². The van der Waals surface area contributed by atoms with Crippen LogP contribution in [0, 0.1) is 18.8 Å². The van der Waals surface area contributed by atoms with Crippen LogP contribution in [0.4, 0.5) is 5.69 Å². The SMILES string of the molecule is Cc1ccc(NC(=O)C2CC2C(=O)NCc2ccccc2Cl)cc1Cl. The minimum atomic E-state index is -0.300. The Balaban J connectivity index is 1.51. The highest BCUT2D eigenvalue weighted by Gasteiger charge is 2.47. The van der Waals surface area contributed by atoms with E-state index in [4.69, 9.17) is 23.2 Å². The molecule has 0 saturated heterocycles. The zero-order valence-corrected chi connectivity index (χ0v) is 15.2. The summed E-state index contributed by atoms with van der Waals surface area (Å²) in [5.74, 6) is -0.866. The Morgan fingerprint density at radius 1 is 1.04 bits per heavy atom. The molecule has 130 valence electrons. The molecule has 0 heterocycles. The second-order valence-electron chi connectivity index (χ2n) is 6.21. The Morgan fingerprint density at radius 2 is 1.76 bits per heavy atom. The lowest BCUT2D eigenvalue weighted by Crippen LogP contribution is -2.27. The van der Waals surface area contributed by atoms with Gasteiger partial charge >= 0.3 is 0 Å². The van der Waals surface area contributed by atoms with Crippen LogP contribution in [0.15, 0.2) is 42.5 Å². The van der Waals surface area contributed by atoms with E-state index in [-0.39, 0.29) is 23.7 Å². The number of aryl methyl sites for hydroxylation is 1. The number of amides is 2. The molecular weight excluding hydrogens is 359 g/mol. The summed E-state index contributed by atoms with van der Waals surface area (Å²) in [5, 5.41) is 6.87. The minimum absolute atomic E-state index is 0.123. The molecule has 1 aliphatic carbocycles. The largest absolute Gasteiger partial charge is 0.352 e. The van der Waals surface area contributed by atoms with E-state index in [0.717, 1.165) is 11.1 Å². The standard InChI is InChI=1S/C19H18Cl2N2O2/c1-11-6-7-13(8-17(11)21)23-19(25)15-9-14(15)18(24)22-10-12-4-2-3-5-16(12)20/h2-8,14-15H,9-10H2,1H3,(H,22,24)(H,23,25). The zero-order valence-electron chi connectivity index (χ0n) is 13.7. The van der Waals surface area contributed by atoms with E-state index in [0.29, 0.717) is 28.7 Å². The van der Waals surface area contributed by atoms with Crippen LogP contribution < -0.4 is 10.6 Å². The summed E-state index contributed by atoms with van der Waals surface area (Å²) in [5.41, 5.74) is 2.44. The van der Waals surface area contributed by atoms with Gasteiger partial charge in [-0.25, -0.2) is 0 Å². The highest BCUT2D eigenvalue weighted by Crippen LogP contribution is 2.39. The number of hydrogen-bond donors (Lipinski definition) is 2. The Morgan fingerprint density at radius 3 is 2.48 bits per heavy atom. The van der Waals surface area contributed by atoms with E-state index in [1.54, 1.807) is 18.2 Å². The molecule has 0 radical (unpaired) electrons. The van der Waals surface area contributed by atoms with Crippen molar-refractivity contribution in [1.82, 2.24) is 5.32 Å². The quantitative estimate of drug-likeness (QED) is 0.821. The third-order valence-electron chi connectivity index (χ3n) is 4.31. The predicted molar refractivity (Wildman–Crippen MR) is 99.7 cm³/mol. The van der Waals surface area contributed by atoms with Crippen molar-refractivity contribution in [3.8, 4) is 0 Å². The molecule has 1 saturated carbocycles. The molecule has 2 atom stereocenters. The summed E-state index contributed by atoms with van der Waals surface area (Å²) in [6, 6.07) is 12.7. The number of halogens is 2. The van der Waals surface area contributed by atoms with Crippen LogP contribution in [-0.4, -0.2) is 11.8 Å². The van der Waals surface area contributed by atoms with E-state index in [2.05, 4.69) is 10.6 Å². The van der Waals surface area contributed by atoms with Crippen molar-refractivity contribution >= 4 is 40.7 Å². The summed E-state index contributed by atoms with van der Waals surface area (Å²) >= 11 is 12.1. The second kappa shape index (κ2) is 7.46. The molecule has 0 spiro atoms. The average molecular weight is 377 g/mol. The summed E-state index contributed by atoms with van der Waals surface area (Å²) in [6.07, 6.45) is 0.555. The summed E-state index contributed by atoms with van der Waals surface area (Å²) < 4.78 is 0. The van der Waals surface area contributed by atoms with Gasteiger partial charge in [-0.1, -0.05) is 47.5 Å². The van der Waals surface area contributed by atoms with Crippen LogP contribution in [0.1, 0.15) is 17.5 Å². The molecule has 2 aromatic carbocycles. The molecule has 4 nitrogen and oxygen atoms in total. The van der Waals surface area contributed by atoms with Crippen LogP contribution in [0.2, 0.25) is 10.0 Å². The van der Waals surface area contributed by atoms with Crippen molar-refractivity contribution < 1.29 is 9.59 Å². The van der Waals surface area contributed by atoms with Gasteiger partial charge in [0.1, 0.15) is 0 Å². The van der Waals surface area contributed by atoms with Gasteiger partial charge in [0.2, 0.25) is 11.8 Å². The Labute approximate surface area is 156 Å². The first-order chi connectivity index (χ1) is 12.0. The van der Waals surface area contributed by atoms with Gasteiger partial charge in [0, 0.05) is 22.3 Å². The Hall–Kier alpha value is -2.04. The molecule has 0 bridgehead atoms. The van der Waals surface area contributed by atoms with E-state index >= 15 is 0 Å². The van der Waals surface area contributed by atoms with E-state index in [1.165, 1.54) is 0 Å². The number of carbonyl (C=O) groups excluding carboxylic acids is 2. The number of rotatable bonds is 5. The molecule has 3 rings (SSSR count). The summed E-state index contributed by atoms with van der Waals surface area (Å²) in [7, 11) is 0. The van der Waals surface area contributed by atoms with E-state index in [9.17, 15) is 9.59 Å². The number of carbonyl (C=O) groups is 2. The zero-order chi connectivity index (χ0) is 18.0. The van der Waals surface area contributed by atoms with Crippen LogP contribution in [0.25, 0.3) is 0 Å². The number of anilines is 1. The third-order valence-corrected chi connectivity index (χ3v) is 5.09. The van der Waals surface area contributed by atoms with E-state index < -0.39 is 0 Å². The van der Waals surface area contributed by atoms with Gasteiger partial charge < -0.3 is 10.6 Å². The lowest BCUT2D eigenvalue weighted by atomic mass is 10.2. The van der Waals surface area contributed by atoms with Gasteiger partial charge in [-0.3, -0.25) is 9.59 Å². The van der Waals surface area contributed by atoms with Crippen molar-refractivity contribution in [2.24, 2.45) is 11.8 Å². The maximum absolute atomic E-state index is 12.3. The monoisotopic (exact) mass is 376 g/mol. The molecule has 25 heavy (non-hydrogen) atoms. The maximum atomic E-state index is 12.3. The minimum Gasteiger partial charge on any atom is -0.352 e. The topological polar surface area (TPSA) is 58.2 Å². The lowest BCUT2D eigenvalue weighted by Gasteiger charge is -2.08. The third kappa shape index (κ3) is 4.33. The van der Waals surface area contributed by atoms with Crippen LogP contribution in [0.3, 0.4) is 0 Å². The average Bonchev–Trinajstić information content (AvgIpc) is 3.38. The molecule has 1 fully saturated rings. The highest BCUT2D eigenvalue weighted by atomic mass is 35.5. The summed E-state index contributed by atoms with van der Waals surface area (Å²) in [4.78, 5) is 24.5. The number of benzene rings is 2. The highest BCUT2D eigenvalue weighted by molar-refractivity contribution is 6.31. The van der Waals surface area contributed by atoms with Gasteiger partial charge in [-0.05, 0) is 42.7 Å². The van der Waals surface area contributed by atoms with Crippen molar-refractivity contribution in [3.63, 3.8) is 0 Å². The van der Waals surface area contributed by atoms with Gasteiger partial charge in [-0.2, -0.15) is 0 Å². The smallest absolute Gasteiger partial charge is 0.228 e. The Bertz CT molecular complexity index is 823. The molecule has 0 aromatic heterocycles. The lowest BCUT2D eigenvalue weighted by molar-refractivity contribution is -0.125. The first-order valence-electron chi connectivity index (χ1n) is 8.04. The van der Waals surface area contributed by atoms with Gasteiger partial charge in [0.25, 0.3) is 0 Å². The molecule has 2 aromatic rings. The molecule has 0 aliphatic heterocycles. The van der Waals surface area contributed by atoms with Crippen molar-refractivity contribution in [2.45, 2.75) is 19.9 Å². The fourth-order valence-corrected chi connectivity index (χ4v) is 3.02. The second-order valence-corrected chi connectivity index (χ2v) is 7.03. The van der Waals surface area contributed by atoms with Crippen molar-refractivity contribution in [3.05, 3.63) is 63.6 Å². The molecule has 2 amide bonds. The van der Waals surface area contributed by atoms with E-state index in [1.807, 2.05) is 31.2 Å². The molecule has 6 heteroatoms. The van der Waals surface area contributed by atoms with Crippen molar-refractivity contribution in [1.29, 1.82) is 0 Å². The number of nitrogens with one attached hydrogen (secondary N) is 2. The fraction of sp³-hybridized carbons (Fsp3) is 0.263. The molecule has 2 N–H and O–H groups in total. The molecular formula is C19H18Cl2N2O2. The maximum Gasteiger partial charge on any atom is 0.228 e. The van der Waals surface area contributed by atoms with Crippen molar-refractivity contribution in [2.75, 3.05) is 5.32 Å². The van der Waals surface area contributed by atoms with Gasteiger partial charge in [-0.15, -0.1) is 0 Å². The first kappa shape index (κ1) is 17.8. The predicted octanol–water partition coefficient (Wildman–Crippen LogP) is 4.19. The molecule has 1 aliphatic rings. The molecule has 2 unspecified atom stereocenters. The Kier molecular flexibility index (Phi) is 5.30. The number of hydrogen-bond acceptors (Lipinski definition) is 2. The first-order valence-corrected chi connectivity index (χ1v) is 8.79. The fourth-order valence-electron chi connectivity index (χ4n) is 2.64. The van der Waals surface area contributed by atoms with Gasteiger partial charge in [0.05, 0.1) is 11.8 Å².